The first kappa shape index (κ1) is 14.2. The molecule has 6 heteroatoms. The van der Waals surface area contributed by atoms with Gasteiger partial charge in [0.2, 0.25) is 0 Å². The first-order valence-corrected chi connectivity index (χ1v) is 6.39. The van der Waals surface area contributed by atoms with E-state index in [1.807, 2.05) is 12.4 Å². The molecule has 0 amide bonds. The van der Waals surface area contributed by atoms with Crippen LogP contribution in [0.5, 0.6) is 0 Å². The summed E-state index contributed by atoms with van der Waals surface area (Å²) in [4.78, 5) is 10.9. The highest BCUT2D eigenvalue weighted by molar-refractivity contribution is 5.85. The predicted octanol–water partition coefficient (Wildman–Crippen LogP) is 1.32. The van der Waals surface area contributed by atoms with Crippen molar-refractivity contribution in [1.29, 1.82) is 0 Å². The van der Waals surface area contributed by atoms with Crippen molar-refractivity contribution in [3.8, 4) is 0 Å². The third kappa shape index (κ3) is 2.73. The highest BCUT2D eigenvalue weighted by atomic mass is 35.5. The fraction of sp³-hybridized carbons (Fsp3) is 0.538. The van der Waals surface area contributed by atoms with Crippen LogP contribution < -0.4 is 5.73 Å². The molecule has 1 aliphatic rings. The minimum absolute atomic E-state index is 0. The maximum absolute atomic E-state index is 5.84. The molecule has 5 nitrogen and oxygen atoms in total. The van der Waals surface area contributed by atoms with Crippen LogP contribution in [-0.2, 0) is 6.54 Å². The molecule has 0 saturated carbocycles. The molecule has 0 spiro atoms. The van der Waals surface area contributed by atoms with Gasteiger partial charge in [-0.3, -0.25) is 14.3 Å². The molecule has 0 radical (unpaired) electrons. The molecule has 0 aliphatic carbocycles. The quantitative estimate of drug-likeness (QED) is 0.922. The minimum Gasteiger partial charge on any atom is -0.330 e. The summed E-state index contributed by atoms with van der Waals surface area (Å²) in [5.41, 5.74) is 8.25. The van der Waals surface area contributed by atoms with Gasteiger partial charge in [-0.1, -0.05) is 6.92 Å². The Morgan fingerprint density at radius 1 is 1.42 bits per heavy atom. The van der Waals surface area contributed by atoms with E-state index in [0.29, 0.717) is 0 Å². The lowest BCUT2D eigenvalue weighted by Gasteiger charge is -2.22. The molecule has 2 aromatic heterocycles. The number of rotatable bonds is 3. The van der Waals surface area contributed by atoms with E-state index in [1.54, 1.807) is 12.4 Å². The molecule has 2 aromatic rings. The molecule has 1 atom stereocenters. The van der Waals surface area contributed by atoms with Gasteiger partial charge in [0.1, 0.15) is 0 Å². The summed E-state index contributed by atoms with van der Waals surface area (Å²) in [6.07, 6.45) is 8.68. The van der Waals surface area contributed by atoms with Crippen LogP contribution in [0.3, 0.4) is 0 Å². The molecule has 1 aliphatic heterocycles. The molecule has 19 heavy (non-hydrogen) atoms. The minimum atomic E-state index is 0. The van der Waals surface area contributed by atoms with Gasteiger partial charge in [-0.25, -0.2) is 4.98 Å². The van der Waals surface area contributed by atoms with E-state index in [9.17, 15) is 0 Å². The Bertz CT molecular complexity index is 555. The zero-order valence-electron chi connectivity index (χ0n) is 11.1. The highest BCUT2D eigenvalue weighted by Crippen LogP contribution is 2.29. The van der Waals surface area contributed by atoms with Crippen LogP contribution in [-0.4, -0.2) is 38.9 Å². The molecule has 1 fully saturated rings. The van der Waals surface area contributed by atoms with E-state index >= 15 is 0 Å². The van der Waals surface area contributed by atoms with E-state index in [1.165, 1.54) is 12.1 Å². The number of nitrogens with zero attached hydrogens (tertiary/aromatic N) is 4. The Hall–Kier alpha value is -1.17. The number of halogens is 1. The molecular formula is C13H20ClN5. The van der Waals surface area contributed by atoms with Gasteiger partial charge in [-0.2, -0.15) is 0 Å². The average Bonchev–Trinajstić information content (AvgIpc) is 2.96. The largest absolute Gasteiger partial charge is 0.330 e. The van der Waals surface area contributed by atoms with Crippen molar-refractivity contribution in [3.63, 3.8) is 0 Å². The third-order valence-corrected chi connectivity index (χ3v) is 3.91. The zero-order chi connectivity index (χ0) is 12.6. The monoisotopic (exact) mass is 281 g/mol. The first-order valence-electron chi connectivity index (χ1n) is 6.39. The van der Waals surface area contributed by atoms with Gasteiger partial charge < -0.3 is 5.73 Å². The lowest BCUT2D eigenvalue weighted by Crippen LogP contribution is -2.31. The molecule has 3 rings (SSSR count). The standard InChI is InChI=1S/C13H19N5.ClH/c1-13(9-14)2-4-17(10-13)8-11-6-16-12-7-15-3-5-18(11)12;/h3,5-7H,2,4,8-10,14H2,1H3;1H. The van der Waals surface area contributed by atoms with E-state index in [0.717, 1.165) is 31.8 Å². The lowest BCUT2D eigenvalue weighted by molar-refractivity contribution is 0.271. The molecule has 0 bridgehead atoms. The van der Waals surface area contributed by atoms with Crippen molar-refractivity contribution in [3.05, 3.63) is 30.5 Å². The van der Waals surface area contributed by atoms with Crippen LogP contribution in [0.4, 0.5) is 0 Å². The van der Waals surface area contributed by atoms with Gasteiger partial charge in [-0.05, 0) is 24.9 Å². The Morgan fingerprint density at radius 2 is 2.26 bits per heavy atom. The Balaban J connectivity index is 0.00000133. The van der Waals surface area contributed by atoms with Crippen LogP contribution in [0.2, 0.25) is 0 Å². The number of imidazole rings is 1. The van der Waals surface area contributed by atoms with Crippen LogP contribution in [0.15, 0.2) is 24.8 Å². The normalized spacial score (nSPS) is 23.7. The molecule has 2 N–H and O–H groups in total. The number of likely N-dealkylation sites (tertiary alicyclic amines) is 1. The van der Waals surface area contributed by atoms with Crippen molar-refractivity contribution in [1.82, 2.24) is 19.3 Å². The summed E-state index contributed by atoms with van der Waals surface area (Å²) in [6, 6.07) is 0. The summed E-state index contributed by atoms with van der Waals surface area (Å²) in [7, 11) is 0. The maximum atomic E-state index is 5.84. The second-order valence-corrected chi connectivity index (χ2v) is 5.53. The number of fused-ring (bicyclic) bond motifs is 1. The van der Waals surface area contributed by atoms with Crippen LogP contribution >= 0.6 is 12.4 Å². The smallest absolute Gasteiger partial charge is 0.155 e. The van der Waals surface area contributed by atoms with E-state index in [2.05, 4.69) is 26.2 Å². The van der Waals surface area contributed by atoms with Crippen LogP contribution in [0, 0.1) is 5.41 Å². The molecular weight excluding hydrogens is 262 g/mol. The van der Waals surface area contributed by atoms with Gasteiger partial charge in [0.25, 0.3) is 0 Å². The summed E-state index contributed by atoms with van der Waals surface area (Å²) in [5.74, 6) is 0. The maximum Gasteiger partial charge on any atom is 0.155 e. The van der Waals surface area contributed by atoms with E-state index < -0.39 is 0 Å². The van der Waals surface area contributed by atoms with Gasteiger partial charge in [0.15, 0.2) is 5.65 Å². The van der Waals surface area contributed by atoms with Gasteiger partial charge in [0, 0.05) is 25.5 Å². The highest BCUT2D eigenvalue weighted by Gasteiger charge is 2.32. The Labute approximate surface area is 119 Å². The van der Waals surface area contributed by atoms with Crippen molar-refractivity contribution < 1.29 is 0 Å². The van der Waals surface area contributed by atoms with Crippen molar-refractivity contribution in [2.24, 2.45) is 11.1 Å². The molecule has 3 heterocycles. The van der Waals surface area contributed by atoms with E-state index in [-0.39, 0.29) is 17.8 Å². The van der Waals surface area contributed by atoms with Gasteiger partial charge >= 0.3 is 0 Å². The van der Waals surface area contributed by atoms with Crippen molar-refractivity contribution >= 4 is 18.1 Å². The molecule has 1 saturated heterocycles. The number of hydrogen-bond donors (Lipinski definition) is 1. The number of aromatic nitrogens is 3. The first-order chi connectivity index (χ1) is 8.70. The summed E-state index contributed by atoms with van der Waals surface area (Å²) in [5, 5.41) is 0. The van der Waals surface area contributed by atoms with Crippen LogP contribution in [0.1, 0.15) is 19.0 Å². The Kier molecular flexibility index (Phi) is 4.08. The summed E-state index contributed by atoms with van der Waals surface area (Å²) in [6.45, 7) is 6.15. The van der Waals surface area contributed by atoms with Crippen molar-refractivity contribution in [2.75, 3.05) is 19.6 Å². The zero-order valence-corrected chi connectivity index (χ0v) is 11.9. The van der Waals surface area contributed by atoms with Gasteiger partial charge in [0.05, 0.1) is 18.1 Å². The second-order valence-electron chi connectivity index (χ2n) is 5.53. The SMILES string of the molecule is CC1(CN)CCN(Cc2cnc3cnccn23)C1.Cl. The topological polar surface area (TPSA) is 59.5 Å². The van der Waals surface area contributed by atoms with Crippen molar-refractivity contribution in [2.45, 2.75) is 19.9 Å². The molecule has 0 aromatic carbocycles. The fourth-order valence-corrected chi connectivity index (χ4v) is 2.67. The summed E-state index contributed by atoms with van der Waals surface area (Å²) >= 11 is 0. The number of hydrogen-bond acceptors (Lipinski definition) is 4. The Morgan fingerprint density at radius 3 is 3.00 bits per heavy atom. The third-order valence-electron chi connectivity index (χ3n) is 3.91. The number of nitrogens with two attached hydrogens (primary N) is 1. The molecule has 1 unspecified atom stereocenters. The predicted molar refractivity (Wildman–Crippen MR) is 77.3 cm³/mol. The van der Waals surface area contributed by atoms with Crippen LogP contribution in [0.25, 0.3) is 5.65 Å². The fourth-order valence-electron chi connectivity index (χ4n) is 2.67. The van der Waals surface area contributed by atoms with Gasteiger partial charge in [-0.15, -0.1) is 12.4 Å². The lowest BCUT2D eigenvalue weighted by atomic mass is 9.90. The summed E-state index contributed by atoms with van der Waals surface area (Å²) < 4.78 is 2.10. The molecule has 104 valence electrons. The van der Waals surface area contributed by atoms with E-state index in [4.69, 9.17) is 5.73 Å². The average molecular weight is 282 g/mol. The second kappa shape index (κ2) is 5.45.